The number of H-pyrrole nitrogens is 1. The highest BCUT2D eigenvalue weighted by Crippen LogP contribution is 2.25. The minimum absolute atomic E-state index is 0.205. The first kappa shape index (κ1) is 18.8. The Morgan fingerprint density at radius 1 is 1.21 bits per heavy atom. The number of fused-ring (bicyclic) bond motifs is 1. The maximum absolute atomic E-state index is 12.7. The minimum atomic E-state index is -0.522. The molecule has 2 amide bonds. The molecule has 0 unspecified atom stereocenters. The smallest absolute Gasteiger partial charge is 0.268 e. The van der Waals surface area contributed by atoms with Gasteiger partial charge in [0, 0.05) is 46.8 Å². The fraction of sp³-hybridized carbons (Fsp3) is 0.0952. The Morgan fingerprint density at radius 3 is 2.76 bits per heavy atom. The van der Waals surface area contributed by atoms with Crippen molar-refractivity contribution in [1.29, 1.82) is 0 Å². The number of aromatic amines is 1. The summed E-state index contributed by atoms with van der Waals surface area (Å²) in [4.78, 5) is 24.5. The van der Waals surface area contributed by atoms with Gasteiger partial charge in [0.25, 0.3) is 5.91 Å². The van der Waals surface area contributed by atoms with E-state index in [1.54, 1.807) is 30.6 Å². The fourth-order valence-electron chi connectivity index (χ4n) is 3.35. The zero-order valence-corrected chi connectivity index (χ0v) is 16.3. The largest absolute Gasteiger partial charge is 0.366 e. The predicted octanol–water partition coefficient (Wildman–Crippen LogP) is 3.25. The van der Waals surface area contributed by atoms with Crippen molar-refractivity contribution in [2.24, 2.45) is 12.8 Å². The number of primary amides is 1. The van der Waals surface area contributed by atoms with E-state index in [9.17, 15) is 9.59 Å². The molecule has 29 heavy (non-hydrogen) atoms. The quantitative estimate of drug-likeness (QED) is 0.472. The van der Waals surface area contributed by atoms with Crippen molar-refractivity contribution in [2.75, 3.05) is 0 Å². The highest BCUT2D eigenvalue weighted by atomic mass is 35.5. The number of aryl methyl sites for hydroxylation is 1. The van der Waals surface area contributed by atoms with Gasteiger partial charge in [-0.05, 0) is 41.5 Å². The van der Waals surface area contributed by atoms with Crippen LogP contribution in [0.25, 0.3) is 22.0 Å². The third-order valence-electron chi connectivity index (χ3n) is 4.85. The molecule has 2 aromatic carbocycles. The lowest BCUT2D eigenvalue weighted by atomic mass is 9.99. The summed E-state index contributed by atoms with van der Waals surface area (Å²) in [7, 11) is 1.83. The van der Waals surface area contributed by atoms with Crippen LogP contribution in [0.1, 0.15) is 26.4 Å². The molecule has 4 rings (SSSR count). The Morgan fingerprint density at radius 2 is 2.03 bits per heavy atom. The Bertz CT molecular complexity index is 1230. The highest BCUT2D eigenvalue weighted by Gasteiger charge is 2.15. The van der Waals surface area contributed by atoms with Crippen molar-refractivity contribution in [3.63, 3.8) is 0 Å². The van der Waals surface area contributed by atoms with Crippen LogP contribution in [-0.4, -0.2) is 26.6 Å². The Labute approximate surface area is 171 Å². The Hall–Kier alpha value is -3.58. The lowest BCUT2D eigenvalue weighted by molar-refractivity contribution is 0.0941. The van der Waals surface area contributed by atoms with Crippen LogP contribution in [0, 0.1) is 0 Å². The van der Waals surface area contributed by atoms with Gasteiger partial charge in [-0.1, -0.05) is 23.7 Å². The molecular weight excluding hydrogens is 390 g/mol. The topological polar surface area (TPSA) is 106 Å². The van der Waals surface area contributed by atoms with Gasteiger partial charge in [0.05, 0.1) is 6.20 Å². The molecule has 4 aromatic rings. The molecular formula is C21H18ClN5O2. The molecule has 0 atom stereocenters. The summed E-state index contributed by atoms with van der Waals surface area (Å²) < 4.78 is 1.81. The van der Waals surface area contributed by atoms with E-state index in [2.05, 4.69) is 15.5 Å². The van der Waals surface area contributed by atoms with Gasteiger partial charge in [-0.3, -0.25) is 14.7 Å². The van der Waals surface area contributed by atoms with Gasteiger partial charge in [-0.2, -0.15) is 5.10 Å². The van der Waals surface area contributed by atoms with Crippen molar-refractivity contribution in [1.82, 2.24) is 20.1 Å². The molecule has 0 fully saturated rings. The molecule has 0 aliphatic heterocycles. The van der Waals surface area contributed by atoms with Gasteiger partial charge in [0.15, 0.2) is 0 Å². The van der Waals surface area contributed by atoms with E-state index in [4.69, 9.17) is 17.3 Å². The second-order valence-corrected chi connectivity index (χ2v) is 7.14. The molecule has 0 saturated carbocycles. The number of carbonyl (C=O) groups excluding carboxylic acids is 2. The number of amides is 2. The molecule has 2 heterocycles. The van der Waals surface area contributed by atoms with Crippen LogP contribution in [0.3, 0.4) is 0 Å². The number of hydrogen-bond acceptors (Lipinski definition) is 3. The molecule has 0 bridgehead atoms. The maximum Gasteiger partial charge on any atom is 0.268 e. The molecule has 8 heteroatoms. The van der Waals surface area contributed by atoms with Crippen molar-refractivity contribution < 1.29 is 9.59 Å². The average Bonchev–Trinajstić information content (AvgIpc) is 3.35. The van der Waals surface area contributed by atoms with Crippen LogP contribution in [0.15, 0.2) is 54.9 Å². The fourth-order valence-corrected chi connectivity index (χ4v) is 3.51. The second kappa shape index (κ2) is 7.44. The zero-order chi connectivity index (χ0) is 20.5. The summed E-state index contributed by atoms with van der Waals surface area (Å²) in [5, 5.41) is 11.1. The summed E-state index contributed by atoms with van der Waals surface area (Å²) in [5.41, 5.74) is 9.54. The van der Waals surface area contributed by atoms with Crippen molar-refractivity contribution in [2.45, 2.75) is 6.54 Å². The second-order valence-electron chi connectivity index (χ2n) is 6.71. The van der Waals surface area contributed by atoms with Gasteiger partial charge in [-0.15, -0.1) is 0 Å². The van der Waals surface area contributed by atoms with Crippen molar-refractivity contribution in [3.8, 4) is 11.1 Å². The van der Waals surface area contributed by atoms with Gasteiger partial charge in [-0.25, -0.2) is 0 Å². The SMILES string of the molecule is Cn1c(C(=O)NCc2ccc(C(N)=O)c(-c3cn[nH]c3)c2)cc2ccc(Cl)cc21. The lowest BCUT2D eigenvalue weighted by Gasteiger charge is -2.10. The lowest BCUT2D eigenvalue weighted by Crippen LogP contribution is -2.25. The molecule has 0 spiro atoms. The Kier molecular flexibility index (Phi) is 4.82. The summed E-state index contributed by atoms with van der Waals surface area (Å²) in [6.45, 7) is 0.297. The minimum Gasteiger partial charge on any atom is -0.366 e. The number of nitrogens with two attached hydrogens (primary N) is 1. The van der Waals surface area contributed by atoms with Crippen LogP contribution in [0.2, 0.25) is 5.02 Å². The van der Waals surface area contributed by atoms with Gasteiger partial charge in [0.2, 0.25) is 5.91 Å². The molecule has 0 radical (unpaired) electrons. The summed E-state index contributed by atoms with van der Waals surface area (Å²) in [5.74, 6) is -0.727. The van der Waals surface area contributed by atoms with E-state index >= 15 is 0 Å². The molecule has 0 aliphatic carbocycles. The van der Waals surface area contributed by atoms with E-state index < -0.39 is 5.91 Å². The molecule has 7 nitrogen and oxygen atoms in total. The number of hydrogen-bond donors (Lipinski definition) is 3. The predicted molar refractivity (Wildman–Crippen MR) is 112 cm³/mol. The summed E-state index contributed by atoms with van der Waals surface area (Å²) >= 11 is 6.06. The van der Waals surface area contributed by atoms with Crippen LogP contribution < -0.4 is 11.1 Å². The van der Waals surface area contributed by atoms with Gasteiger partial charge in [0.1, 0.15) is 5.69 Å². The molecule has 2 aromatic heterocycles. The van der Waals surface area contributed by atoms with Crippen LogP contribution in [0.5, 0.6) is 0 Å². The van der Waals surface area contributed by atoms with E-state index in [-0.39, 0.29) is 5.91 Å². The number of rotatable bonds is 5. The van der Waals surface area contributed by atoms with Gasteiger partial charge < -0.3 is 15.6 Å². The number of aromatic nitrogens is 3. The van der Waals surface area contributed by atoms with Gasteiger partial charge >= 0.3 is 0 Å². The molecule has 146 valence electrons. The standard InChI is InChI=1S/C21H18ClN5O2/c1-27-18-8-15(22)4-3-13(18)7-19(27)21(29)24-9-12-2-5-16(20(23)28)17(6-12)14-10-25-26-11-14/h2-8,10-11H,9H2,1H3,(H2,23,28)(H,24,29)(H,25,26). The number of nitrogens with zero attached hydrogens (tertiary/aromatic N) is 2. The number of benzene rings is 2. The van der Waals surface area contributed by atoms with Crippen LogP contribution in [-0.2, 0) is 13.6 Å². The number of halogens is 1. The average molecular weight is 408 g/mol. The zero-order valence-electron chi connectivity index (χ0n) is 15.6. The van der Waals surface area contributed by atoms with Crippen molar-refractivity contribution >= 4 is 34.3 Å². The monoisotopic (exact) mass is 407 g/mol. The van der Waals surface area contributed by atoms with Crippen LogP contribution in [0.4, 0.5) is 0 Å². The molecule has 0 aliphatic rings. The van der Waals surface area contributed by atoms with E-state index in [1.165, 1.54) is 0 Å². The highest BCUT2D eigenvalue weighted by molar-refractivity contribution is 6.31. The maximum atomic E-state index is 12.7. The van der Waals surface area contributed by atoms with Crippen LogP contribution >= 0.6 is 11.6 Å². The van der Waals surface area contributed by atoms with E-state index in [0.29, 0.717) is 28.4 Å². The molecule has 4 N–H and O–H groups in total. The first-order valence-electron chi connectivity index (χ1n) is 8.89. The first-order valence-corrected chi connectivity index (χ1v) is 9.27. The normalized spacial score (nSPS) is 11.0. The Balaban J connectivity index is 1.58. The number of nitrogens with one attached hydrogen (secondary N) is 2. The third-order valence-corrected chi connectivity index (χ3v) is 5.09. The first-order chi connectivity index (χ1) is 13.9. The molecule has 0 saturated heterocycles. The number of carbonyl (C=O) groups is 2. The van der Waals surface area contributed by atoms with E-state index in [0.717, 1.165) is 22.0 Å². The van der Waals surface area contributed by atoms with Crippen molar-refractivity contribution in [3.05, 3.63) is 76.7 Å². The third kappa shape index (κ3) is 3.60. The van der Waals surface area contributed by atoms with E-state index in [1.807, 2.05) is 35.9 Å². The summed E-state index contributed by atoms with van der Waals surface area (Å²) in [6.07, 6.45) is 3.30. The summed E-state index contributed by atoms with van der Waals surface area (Å²) in [6, 6.07) is 12.6.